The average Bonchev–Trinajstić information content (AvgIpc) is 3.44. The molecule has 2 aliphatic heterocycles. The Kier molecular flexibility index (Phi) is 4.98. The molecule has 0 aromatic heterocycles. The van der Waals surface area contributed by atoms with Crippen LogP contribution in [-0.4, -0.2) is 34.2 Å². The monoisotopic (exact) mass is 495 g/mol. The van der Waals surface area contributed by atoms with Gasteiger partial charge in [-0.15, -0.1) is 0 Å². The van der Waals surface area contributed by atoms with Crippen molar-refractivity contribution in [3.63, 3.8) is 0 Å². The topological polar surface area (TPSA) is 76.1 Å². The number of benzene rings is 2. The minimum Gasteiger partial charge on any atom is -0.459 e. The lowest BCUT2D eigenvalue weighted by Gasteiger charge is -2.43. The summed E-state index contributed by atoms with van der Waals surface area (Å²) in [6.07, 6.45) is 2.81. The summed E-state index contributed by atoms with van der Waals surface area (Å²) < 4.78 is 36.0. The first-order valence-corrected chi connectivity index (χ1v) is 12.3. The van der Waals surface area contributed by atoms with Crippen molar-refractivity contribution in [1.82, 2.24) is 0 Å². The molecule has 0 bridgehead atoms. The fraction of sp³-hybridized carbons (Fsp3) is 0.429. The van der Waals surface area contributed by atoms with Crippen LogP contribution in [0.3, 0.4) is 0 Å². The second-order valence-corrected chi connectivity index (χ2v) is 10.6. The second kappa shape index (κ2) is 7.70. The molecule has 2 heterocycles. The van der Waals surface area contributed by atoms with Gasteiger partial charge >= 0.3 is 5.97 Å². The normalized spacial score (nSPS) is 39.3. The molecule has 6 rings (SSSR count). The molecular weight excluding hydrogens is 468 g/mol. The molecule has 0 amide bonds. The SMILES string of the molecule is C[C@H]1CC[C@@H]2[C@@H](OC(=O)[C@]23CC(c2c(F)cccc2F)N(c2ccccc2)O3)[C@]2(C)C(=O)C=C[C@@]12O. The van der Waals surface area contributed by atoms with Crippen molar-refractivity contribution < 1.29 is 33.1 Å². The minimum absolute atomic E-state index is 0.0652. The van der Waals surface area contributed by atoms with Gasteiger partial charge in [0.15, 0.2) is 5.78 Å². The maximum Gasteiger partial charge on any atom is 0.342 e. The summed E-state index contributed by atoms with van der Waals surface area (Å²) in [5.74, 6) is -3.37. The van der Waals surface area contributed by atoms with Crippen LogP contribution in [0.4, 0.5) is 14.5 Å². The molecule has 3 fully saturated rings. The van der Waals surface area contributed by atoms with E-state index in [4.69, 9.17) is 9.57 Å². The summed E-state index contributed by atoms with van der Waals surface area (Å²) in [6, 6.07) is 11.5. The van der Waals surface area contributed by atoms with Crippen molar-refractivity contribution in [3.8, 4) is 0 Å². The Labute approximate surface area is 207 Å². The van der Waals surface area contributed by atoms with Gasteiger partial charge in [-0.2, -0.15) is 0 Å². The Balaban J connectivity index is 1.49. The van der Waals surface area contributed by atoms with E-state index in [-0.39, 0.29) is 23.7 Å². The number of hydrogen-bond acceptors (Lipinski definition) is 6. The van der Waals surface area contributed by atoms with E-state index in [2.05, 4.69) is 0 Å². The fourth-order valence-electron chi connectivity index (χ4n) is 6.88. The summed E-state index contributed by atoms with van der Waals surface area (Å²) >= 11 is 0. The molecule has 2 saturated heterocycles. The number of rotatable bonds is 2. The number of esters is 1. The number of allylic oxidation sites excluding steroid dienone is 1. The third kappa shape index (κ3) is 2.82. The molecule has 1 saturated carbocycles. The van der Waals surface area contributed by atoms with Crippen LogP contribution in [0.2, 0.25) is 0 Å². The van der Waals surface area contributed by atoms with Crippen molar-refractivity contribution >= 4 is 17.4 Å². The number of anilines is 1. The number of carbonyl (C=O) groups is 2. The van der Waals surface area contributed by atoms with Crippen LogP contribution in [0.25, 0.3) is 0 Å². The van der Waals surface area contributed by atoms with Gasteiger partial charge < -0.3 is 9.84 Å². The summed E-state index contributed by atoms with van der Waals surface area (Å²) in [7, 11) is 0. The molecule has 4 aliphatic rings. The predicted octanol–water partition coefficient (Wildman–Crippen LogP) is 4.43. The van der Waals surface area contributed by atoms with Gasteiger partial charge in [0.25, 0.3) is 0 Å². The molecule has 1 spiro atoms. The zero-order chi connectivity index (χ0) is 25.5. The third-order valence-corrected chi connectivity index (χ3v) is 8.99. The number of ketones is 1. The van der Waals surface area contributed by atoms with Crippen LogP contribution in [0.5, 0.6) is 0 Å². The molecule has 0 radical (unpaired) electrons. The van der Waals surface area contributed by atoms with Crippen molar-refractivity contribution in [2.24, 2.45) is 17.3 Å². The largest absolute Gasteiger partial charge is 0.459 e. The zero-order valence-corrected chi connectivity index (χ0v) is 20.0. The van der Waals surface area contributed by atoms with Crippen LogP contribution < -0.4 is 5.06 Å². The molecule has 7 atom stereocenters. The van der Waals surface area contributed by atoms with E-state index in [0.29, 0.717) is 18.5 Å². The van der Waals surface area contributed by atoms with E-state index in [0.717, 1.165) is 0 Å². The highest BCUT2D eigenvalue weighted by Crippen LogP contribution is 2.61. The first kappa shape index (κ1) is 23.3. The lowest BCUT2D eigenvalue weighted by atomic mass is 9.63. The second-order valence-electron chi connectivity index (χ2n) is 10.6. The van der Waals surface area contributed by atoms with E-state index in [1.165, 1.54) is 35.4 Å². The molecule has 8 heteroatoms. The van der Waals surface area contributed by atoms with Crippen LogP contribution >= 0.6 is 0 Å². The number of aliphatic hydroxyl groups is 1. The molecule has 36 heavy (non-hydrogen) atoms. The summed E-state index contributed by atoms with van der Waals surface area (Å²) in [6.45, 7) is 3.51. The Morgan fingerprint density at radius 1 is 1.03 bits per heavy atom. The number of ether oxygens (including phenoxy) is 1. The molecule has 1 N–H and O–H groups in total. The number of fused-ring (bicyclic) bond motifs is 4. The van der Waals surface area contributed by atoms with Crippen LogP contribution in [-0.2, 0) is 19.2 Å². The number of hydrogen-bond donors (Lipinski definition) is 1. The zero-order valence-electron chi connectivity index (χ0n) is 20.0. The van der Waals surface area contributed by atoms with Crippen molar-refractivity contribution in [2.75, 3.05) is 5.06 Å². The lowest BCUT2D eigenvalue weighted by molar-refractivity contribution is -0.169. The quantitative estimate of drug-likeness (QED) is 0.621. The van der Waals surface area contributed by atoms with Gasteiger partial charge in [-0.25, -0.2) is 18.6 Å². The minimum atomic E-state index is -1.57. The molecule has 2 aromatic carbocycles. The highest BCUT2D eigenvalue weighted by atomic mass is 19.1. The van der Waals surface area contributed by atoms with Crippen molar-refractivity contribution in [2.45, 2.75) is 56.5 Å². The number of halogens is 2. The smallest absolute Gasteiger partial charge is 0.342 e. The van der Waals surface area contributed by atoms with E-state index in [1.54, 1.807) is 37.3 Å². The maximum atomic E-state index is 15.0. The Bertz CT molecular complexity index is 1260. The van der Waals surface area contributed by atoms with Crippen molar-refractivity contribution in [3.05, 3.63) is 77.9 Å². The summed E-state index contributed by atoms with van der Waals surface area (Å²) in [5.41, 5.74) is -4.12. The number of hydroxylamine groups is 1. The molecular formula is C28H27F2NO5. The third-order valence-electron chi connectivity index (χ3n) is 8.99. The average molecular weight is 496 g/mol. The van der Waals surface area contributed by atoms with E-state index >= 15 is 8.78 Å². The van der Waals surface area contributed by atoms with E-state index in [9.17, 15) is 14.7 Å². The molecule has 2 aliphatic carbocycles. The Hall–Kier alpha value is -3.10. The van der Waals surface area contributed by atoms with Crippen molar-refractivity contribution in [1.29, 1.82) is 0 Å². The first-order valence-electron chi connectivity index (χ1n) is 12.3. The van der Waals surface area contributed by atoms with Gasteiger partial charge in [0.2, 0.25) is 5.60 Å². The van der Waals surface area contributed by atoms with Gasteiger partial charge in [0.05, 0.1) is 17.1 Å². The standard InChI is InChI=1S/C28H27F2NO5/c1-16-11-12-18-24(26(2)22(32)13-14-28(16,26)34)35-25(33)27(18)15-21(23-19(29)9-6-10-20(23)30)31(36-27)17-7-4-3-5-8-17/h3-10,13-14,16,18,21,24,34H,11-12,15H2,1-2H3/t16-,18+,21?,24+,26-,27-,28+/m0/s1. The van der Waals surface area contributed by atoms with Crippen LogP contribution in [0.15, 0.2) is 60.7 Å². The Morgan fingerprint density at radius 2 is 1.72 bits per heavy atom. The molecule has 188 valence electrons. The predicted molar refractivity (Wildman–Crippen MR) is 125 cm³/mol. The van der Waals surface area contributed by atoms with E-state index in [1.807, 2.05) is 6.92 Å². The lowest BCUT2D eigenvalue weighted by Crippen LogP contribution is -2.57. The maximum absolute atomic E-state index is 15.0. The Morgan fingerprint density at radius 3 is 2.42 bits per heavy atom. The number of nitrogens with zero attached hydrogens (tertiary/aromatic N) is 1. The van der Waals surface area contributed by atoms with Gasteiger partial charge in [-0.1, -0.05) is 31.2 Å². The van der Waals surface area contributed by atoms with E-state index < -0.39 is 52.3 Å². The van der Waals surface area contributed by atoms with Gasteiger partial charge in [-0.3, -0.25) is 9.63 Å². The first-order chi connectivity index (χ1) is 17.1. The number of para-hydroxylation sites is 1. The fourth-order valence-corrected chi connectivity index (χ4v) is 6.88. The summed E-state index contributed by atoms with van der Waals surface area (Å²) in [5, 5.41) is 13.0. The van der Waals surface area contributed by atoms with Crippen LogP contribution in [0.1, 0.15) is 44.7 Å². The molecule has 2 aromatic rings. The molecule has 1 unspecified atom stereocenters. The number of carbonyl (C=O) groups excluding carboxylic acids is 2. The van der Waals surface area contributed by atoms with Gasteiger partial charge in [-0.05, 0) is 62.1 Å². The molecule has 6 nitrogen and oxygen atoms in total. The highest BCUT2D eigenvalue weighted by molar-refractivity contribution is 6.00. The highest BCUT2D eigenvalue weighted by Gasteiger charge is 2.74. The van der Waals surface area contributed by atoms with Crippen LogP contribution in [0, 0.1) is 28.9 Å². The summed E-state index contributed by atoms with van der Waals surface area (Å²) in [4.78, 5) is 33.2. The van der Waals surface area contributed by atoms with Gasteiger partial charge in [0, 0.05) is 17.9 Å². The van der Waals surface area contributed by atoms with Gasteiger partial charge in [0.1, 0.15) is 23.3 Å².